The Morgan fingerprint density at radius 3 is 2.22 bits per heavy atom. The Morgan fingerprint density at radius 1 is 1.07 bits per heavy atom. The first-order valence-corrected chi connectivity index (χ1v) is 10.2. The van der Waals surface area contributed by atoms with Gasteiger partial charge in [0.15, 0.2) is 6.61 Å². The minimum absolute atomic E-state index is 0.0103. The van der Waals surface area contributed by atoms with Crippen LogP contribution in [0.25, 0.3) is 0 Å². The van der Waals surface area contributed by atoms with E-state index in [0.29, 0.717) is 38.3 Å². The van der Waals surface area contributed by atoms with Crippen LogP contribution in [0.3, 0.4) is 0 Å². The molecule has 0 bridgehead atoms. The van der Waals surface area contributed by atoms with Gasteiger partial charge < -0.3 is 14.5 Å². The quantitative estimate of drug-likeness (QED) is 0.765. The smallest absolute Gasteiger partial charge is 0.260 e. The summed E-state index contributed by atoms with van der Waals surface area (Å²) in [5.41, 5.74) is 1.86. The van der Waals surface area contributed by atoms with Gasteiger partial charge >= 0.3 is 0 Å². The molecule has 1 aromatic carbocycles. The third kappa shape index (κ3) is 5.02. The minimum atomic E-state index is -0.0642. The monoisotopic (exact) mass is 406 g/mol. The molecule has 1 aromatic heterocycles. The van der Waals surface area contributed by atoms with E-state index in [2.05, 4.69) is 0 Å². The maximum atomic E-state index is 12.4. The van der Waals surface area contributed by atoms with Crippen molar-refractivity contribution in [2.45, 2.75) is 20.3 Å². The summed E-state index contributed by atoms with van der Waals surface area (Å²) in [5.74, 6) is 0.700. The summed E-state index contributed by atoms with van der Waals surface area (Å²) < 4.78 is 5.65. The maximum Gasteiger partial charge on any atom is 0.260 e. The van der Waals surface area contributed by atoms with Crippen molar-refractivity contribution in [3.63, 3.8) is 0 Å². The second kappa shape index (κ2) is 8.76. The van der Waals surface area contributed by atoms with Gasteiger partial charge in [0.25, 0.3) is 5.91 Å². The Hall–Kier alpha value is -2.05. The molecule has 5 nitrogen and oxygen atoms in total. The molecule has 2 heterocycles. The van der Waals surface area contributed by atoms with Gasteiger partial charge in [-0.3, -0.25) is 9.59 Å². The molecule has 144 valence electrons. The van der Waals surface area contributed by atoms with Gasteiger partial charge in [0.2, 0.25) is 5.91 Å². The molecule has 27 heavy (non-hydrogen) atoms. The molecule has 0 spiro atoms. The molecular weight excluding hydrogens is 384 g/mol. The molecule has 0 unspecified atom stereocenters. The van der Waals surface area contributed by atoms with Gasteiger partial charge in [-0.15, -0.1) is 11.3 Å². The minimum Gasteiger partial charge on any atom is -0.484 e. The van der Waals surface area contributed by atoms with E-state index in [1.165, 1.54) is 0 Å². The SMILES string of the molecule is Cc1cc(OCC(=O)N2CCN(C(=O)Cc3cccs3)CC2)cc(C)c1Cl. The topological polar surface area (TPSA) is 49.9 Å². The van der Waals surface area contributed by atoms with Crippen LogP contribution in [-0.4, -0.2) is 54.4 Å². The van der Waals surface area contributed by atoms with E-state index in [9.17, 15) is 9.59 Å². The van der Waals surface area contributed by atoms with Gasteiger partial charge in [0.05, 0.1) is 6.42 Å². The summed E-state index contributed by atoms with van der Waals surface area (Å²) in [6.07, 6.45) is 0.435. The number of carbonyl (C=O) groups is 2. The highest BCUT2D eigenvalue weighted by Crippen LogP contribution is 2.25. The van der Waals surface area contributed by atoms with E-state index >= 15 is 0 Å². The van der Waals surface area contributed by atoms with E-state index in [-0.39, 0.29) is 18.4 Å². The number of hydrogen-bond acceptors (Lipinski definition) is 4. The van der Waals surface area contributed by atoms with E-state index in [1.807, 2.05) is 48.4 Å². The van der Waals surface area contributed by atoms with E-state index in [4.69, 9.17) is 16.3 Å². The number of hydrogen-bond donors (Lipinski definition) is 0. The van der Waals surface area contributed by atoms with Crippen molar-refractivity contribution < 1.29 is 14.3 Å². The fourth-order valence-corrected chi connectivity index (χ4v) is 3.91. The number of nitrogens with zero attached hydrogens (tertiary/aromatic N) is 2. The lowest BCUT2D eigenvalue weighted by molar-refractivity contribution is -0.140. The second-order valence-electron chi connectivity index (χ2n) is 6.68. The molecule has 1 aliphatic heterocycles. The van der Waals surface area contributed by atoms with Gasteiger partial charge in [-0.1, -0.05) is 17.7 Å². The normalized spacial score (nSPS) is 14.3. The maximum absolute atomic E-state index is 12.4. The summed E-state index contributed by atoms with van der Waals surface area (Å²) in [6.45, 7) is 6.02. The van der Waals surface area contributed by atoms with Gasteiger partial charge in [0.1, 0.15) is 5.75 Å². The van der Waals surface area contributed by atoms with Crippen molar-refractivity contribution in [3.8, 4) is 5.75 Å². The van der Waals surface area contributed by atoms with Crippen LogP contribution in [0.15, 0.2) is 29.6 Å². The molecule has 2 amide bonds. The van der Waals surface area contributed by atoms with Crippen molar-refractivity contribution in [3.05, 3.63) is 50.7 Å². The molecule has 1 saturated heterocycles. The molecule has 0 radical (unpaired) electrons. The van der Waals surface area contributed by atoms with Crippen molar-refractivity contribution >= 4 is 34.8 Å². The fourth-order valence-electron chi connectivity index (χ4n) is 3.11. The Kier molecular flexibility index (Phi) is 6.39. The van der Waals surface area contributed by atoms with Crippen LogP contribution in [-0.2, 0) is 16.0 Å². The molecule has 3 rings (SSSR count). The van der Waals surface area contributed by atoms with E-state index < -0.39 is 0 Å². The van der Waals surface area contributed by atoms with Gasteiger partial charge in [0, 0.05) is 36.1 Å². The van der Waals surface area contributed by atoms with E-state index in [0.717, 1.165) is 21.0 Å². The van der Waals surface area contributed by atoms with Crippen molar-refractivity contribution in [2.75, 3.05) is 32.8 Å². The lowest BCUT2D eigenvalue weighted by atomic mass is 10.1. The first-order valence-electron chi connectivity index (χ1n) is 8.91. The van der Waals surface area contributed by atoms with E-state index in [1.54, 1.807) is 16.2 Å². The number of piperazine rings is 1. The predicted octanol–water partition coefficient (Wildman–Crippen LogP) is 3.31. The third-order valence-corrected chi connectivity index (χ3v) is 6.14. The number of ether oxygens (including phenoxy) is 1. The number of carbonyl (C=O) groups excluding carboxylic acids is 2. The third-order valence-electron chi connectivity index (χ3n) is 4.66. The number of thiophene rings is 1. The summed E-state index contributed by atoms with van der Waals surface area (Å²) in [6, 6.07) is 7.60. The highest BCUT2D eigenvalue weighted by molar-refractivity contribution is 7.10. The zero-order chi connectivity index (χ0) is 19.4. The molecular formula is C20H23ClN2O3S. The Balaban J connectivity index is 1.46. The Morgan fingerprint density at radius 2 is 1.67 bits per heavy atom. The largest absolute Gasteiger partial charge is 0.484 e. The van der Waals surface area contributed by atoms with Crippen LogP contribution in [0.4, 0.5) is 0 Å². The Labute approximate surface area is 168 Å². The molecule has 0 aliphatic carbocycles. The van der Waals surface area contributed by atoms with Gasteiger partial charge in [-0.25, -0.2) is 0 Å². The highest BCUT2D eigenvalue weighted by Gasteiger charge is 2.24. The van der Waals surface area contributed by atoms with Crippen molar-refractivity contribution in [1.82, 2.24) is 9.80 Å². The number of aryl methyl sites for hydroxylation is 2. The van der Waals surface area contributed by atoms with Crippen molar-refractivity contribution in [2.24, 2.45) is 0 Å². The number of amides is 2. The van der Waals surface area contributed by atoms with Crippen LogP contribution >= 0.6 is 22.9 Å². The zero-order valence-electron chi connectivity index (χ0n) is 15.5. The number of benzene rings is 1. The second-order valence-corrected chi connectivity index (χ2v) is 8.09. The van der Waals surface area contributed by atoms with Gasteiger partial charge in [-0.05, 0) is 48.6 Å². The lowest BCUT2D eigenvalue weighted by Gasteiger charge is -2.34. The highest BCUT2D eigenvalue weighted by atomic mass is 35.5. The molecule has 2 aromatic rings. The fraction of sp³-hybridized carbons (Fsp3) is 0.400. The predicted molar refractivity (Wildman–Crippen MR) is 108 cm³/mol. The standard InChI is InChI=1S/C20H23ClN2O3S/c1-14-10-16(11-15(2)20(14)21)26-13-19(25)23-7-5-22(6-8-23)18(24)12-17-4-3-9-27-17/h3-4,9-11H,5-8,12-13H2,1-2H3. The number of rotatable bonds is 5. The zero-order valence-corrected chi connectivity index (χ0v) is 17.1. The van der Waals surface area contributed by atoms with Crippen molar-refractivity contribution in [1.29, 1.82) is 0 Å². The van der Waals surface area contributed by atoms with Crippen LogP contribution in [0, 0.1) is 13.8 Å². The van der Waals surface area contributed by atoms with Crippen LogP contribution < -0.4 is 4.74 Å². The average Bonchev–Trinajstić information content (AvgIpc) is 3.17. The van der Waals surface area contributed by atoms with Crippen LogP contribution in [0.5, 0.6) is 5.75 Å². The summed E-state index contributed by atoms with van der Waals surface area (Å²) in [7, 11) is 0. The Bertz CT molecular complexity index is 792. The summed E-state index contributed by atoms with van der Waals surface area (Å²) in [4.78, 5) is 29.4. The van der Waals surface area contributed by atoms with Crippen LogP contribution in [0.1, 0.15) is 16.0 Å². The molecule has 7 heteroatoms. The number of halogens is 1. The first kappa shape index (κ1) is 19.7. The average molecular weight is 407 g/mol. The molecule has 0 N–H and O–H groups in total. The first-order chi connectivity index (χ1) is 12.9. The molecule has 1 fully saturated rings. The molecule has 1 aliphatic rings. The summed E-state index contributed by atoms with van der Waals surface area (Å²) in [5, 5.41) is 2.69. The molecule has 0 saturated carbocycles. The van der Waals surface area contributed by atoms with Crippen LogP contribution in [0.2, 0.25) is 5.02 Å². The summed E-state index contributed by atoms with van der Waals surface area (Å²) >= 11 is 7.75. The van der Waals surface area contributed by atoms with Gasteiger partial charge in [-0.2, -0.15) is 0 Å². The molecule has 0 atom stereocenters. The lowest BCUT2D eigenvalue weighted by Crippen LogP contribution is -2.51.